The normalized spacial score (nSPS) is 17.1. The number of aldehydes is 1. The molecule has 0 amide bonds. The summed E-state index contributed by atoms with van der Waals surface area (Å²) in [7, 11) is 3.25. The predicted molar refractivity (Wildman–Crippen MR) is 179 cm³/mol. The fraction of sp³-hybridized carbons (Fsp3) is 0.471. The minimum Gasteiger partial charge on any atom is -0.491 e. The summed E-state index contributed by atoms with van der Waals surface area (Å²) in [6.07, 6.45) is -2.08. The Kier molecular flexibility index (Phi) is 11.6. The largest absolute Gasteiger partial charge is 0.522 e. The van der Waals surface area contributed by atoms with Crippen LogP contribution in [0.4, 0.5) is 13.2 Å². The average Bonchev–Trinajstić information content (AvgIpc) is 3.45. The lowest BCUT2D eigenvalue weighted by molar-refractivity contribution is -0.346. The molecule has 258 valence electrons. The molecule has 0 saturated carbocycles. The maximum absolute atomic E-state index is 13.7. The lowest BCUT2D eigenvalue weighted by atomic mass is 9.90. The van der Waals surface area contributed by atoms with Gasteiger partial charge in [-0.2, -0.15) is 0 Å². The van der Waals surface area contributed by atoms with Gasteiger partial charge >= 0.3 is 6.36 Å². The minimum absolute atomic E-state index is 0.0699. The molecule has 1 saturated heterocycles. The number of hydrogen-bond acceptors (Lipinski definition) is 9. The van der Waals surface area contributed by atoms with Gasteiger partial charge in [0.05, 0.1) is 34.1 Å². The molecule has 0 bridgehead atoms. The number of methoxy groups -OCH3 is 1. The van der Waals surface area contributed by atoms with E-state index in [0.717, 1.165) is 39.9 Å². The number of pyridine rings is 1. The SMILES string of the molecule is COC.Cc1cc(-c2cc(Cl)ccc2OCCn2c(C)nc3c(c2=O)CC(N2CCC(OC(F)(F)F)CC2)CC3)c2scc(C=O)c2n1. The van der Waals surface area contributed by atoms with E-state index in [9.17, 15) is 22.8 Å². The van der Waals surface area contributed by atoms with Crippen LogP contribution < -0.4 is 10.3 Å². The molecular formula is C34H38ClF3N4O5S. The number of aromatic nitrogens is 3. The summed E-state index contributed by atoms with van der Waals surface area (Å²) in [5, 5.41) is 2.32. The Balaban J connectivity index is 0.00000145. The smallest absolute Gasteiger partial charge is 0.491 e. The van der Waals surface area contributed by atoms with Gasteiger partial charge in [-0.3, -0.25) is 28.8 Å². The molecule has 4 heterocycles. The number of aryl methyl sites for hydroxylation is 3. The molecular weight excluding hydrogens is 669 g/mol. The Morgan fingerprint density at radius 3 is 2.50 bits per heavy atom. The zero-order valence-corrected chi connectivity index (χ0v) is 28.8. The van der Waals surface area contributed by atoms with Crippen LogP contribution in [-0.4, -0.2) is 78.1 Å². The molecule has 2 aliphatic rings. The maximum Gasteiger partial charge on any atom is 0.522 e. The lowest BCUT2D eigenvalue weighted by Crippen LogP contribution is -2.48. The molecule has 0 spiro atoms. The number of thiophene rings is 1. The van der Waals surface area contributed by atoms with Gasteiger partial charge in [-0.25, -0.2) is 4.98 Å². The summed E-state index contributed by atoms with van der Waals surface area (Å²) >= 11 is 7.83. The highest BCUT2D eigenvalue weighted by atomic mass is 35.5. The van der Waals surface area contributed by atoms with Crippen LogP contribution in [0.1, 0.15) is 52.4 Å². The van der Waals surface area contributed by atoms with Crippen molar-refractivity contribution in [2.75, 3.05) is 33.9 Å². The Hall–Kier alpha value is -3.36. The first kappa shape index (κ1) is 35.9. The fourth-order valence-electron chi connectivity index (χ4n) is 6.46. The second-order valence-electron chi connectivity index (χ2n) is 11.9. The molecule has 1 aliphatic heterocycles. The van der Waals surface area contributed by atoms with Crippen molar-refractivity contribution in [1.82, 2.24) is 19.4 Å². The number of nitrogens with zero attached hydrogens (tertiary/aromatic N) is 4. The molecule has 0 radical (unpaired) electrons. The van der Waals surface area contributed by atoms with Gasteiger partial charge < -0.3 is 9.47 Å². The number of hydrogen-bond donors (Lipinski definition) is 0. The highest BCUT2D eigenvalue weighted by Gasteiger charge is 2.37. The Labute approximate surface area is 285 Å². The van der Waals surface area contributed by atoms with E-state index >= 15 is 0 Å². The average molecular weight is 707 g/mol. The first-order valence-corrected chi connectivity index (χ1v) is 16.9. The van der Waals surface area contributed by atoms with Crippen LogP contribution in [0.25, 0.3) is 21.3 Å². The zero-order valence-electron chi connectivity index (χ0n) is 27.2. The zero-order chi connectivity index (χ0) is 34.6. The van der Waals surface area contributed by atoms with E-state index < -0.39 is 12.5 Å². The van der Waals surface area contributed by atoms with Gasteiger partial charge in [0.15, 0.2) is 6.29 Å². The second kappa shape index (κ2) is 15.5. The molecule has 4 aromatic rings. The number of carbonyl (C=O) groups is 1. The number of benzene rings is 1. The third kappa shape index (κ3) is 8.25. The molecule has 48 heavy (non-hydrogen) atoms. The summed E-state index contributed by atoms with van der Waals surface area (Å²) in [5.74, 6) is 1.19. The van der Waals surface area contributed by atoms with E-state index in [-0.39, 0.29) is 24.8 Å². The van der Waals surface area contributed by atoms with Crippen molar-refractivity contribution in [2.24, 2.45) is 0 Å². The van der Waals surface area contributed by atoms with Gasteiger partial charge in [0.2, 0.25) is 0 Å². The van der Waals surface area contributed by atoms with E-state index in [1.807, 2.05) is 26.0 Å². The standard InChI is InChI=1S/C32H32ClF3N4O4S.C2H6O/c1-18-13-25(30-29(37-18)20(16-41)17-45-30)24-14-21(33)3-6-28(24)43-12-11-40-19(2)38-27-5-4-22(15-26(27)31(40)42)39-9-7-23(8-10-39)44-32(34,35)36;1-3-2/h3,6,13-14,16-17,22-23H,4-5,7-12,15H2,1-2H3;1-2H3. The van der Waals surface area contributed by atoms with Crippen LogP contribution >= 0.6 is 22.9 Å². The van der Waals surface area contributed by atoms with Crippen LogP contribution in [0.3, 0.4) is 0 Å². The number of halogens is 4. The predicted octanol–water partition coefficient (Wildman–Crippen LogP) is 6.80. The molecule has 1 aromatic carbocycles. The summed E-state index contributed by atoms with van der Waals surface area (Å²) in [6.45, 7) is 5.14. The van der Waals surface area contributed by atoms with Crippen LogP contribution in [0.2, 0.25) is 5.02 Å². The number of likely N-dealkylation sites (tertiary alicyclic amines) is 1. The first-order chi connectivity index (χ1) is 22.9. The van der Waals surface area contributed by atoms with E-state index in [4.69, 9.17) is 21.3 Å². The Morgan fingerprint density at radius 1 is 1.08 bits per heavy atom. The van der Waals surface area contributed by atoms with Crippen molar-refractivity contribution in [1.29, 1.82) is 0 Å². The monoisotopic (exact) mass is 706 g/mol. The Bertz CT molecular complexity index is 1820. The molecule has 14 heteroatoms. The first-order valence-electron chi connectivity index (χ1n) is 15.7. The molecule has 1 fully saturated rings. The number of fused-ring (bicyclic) bond motifs is 2. The highest BCUT2D eigenvalue weighted by Crippen LogP contribution is 2.40. The molecule has 0 N–H and O–H groups in total. The van der Waals surface area contributed by atoms with Crippen LogP contribution in [0.15, 0.2) is 34.4 Å². The van der Waals surface area contributed by atoms with Crippen molar-refractivity contribution < 1.29 is 32.2 Å². The number of alkyl halides is 3. The molecule has 1 unspecified atom stereocenters. The number of rotatable bonds is 8. The topological polar surface area (TPSA) is 95.8 Å². The van der Waals surface area contributed by atoms with Crippen molar-refractivity contribution >= 4 is 39.4 Å². The minimum atomic E-state index is -4.63. The third-order valence-corrected chi connectivity index (χ3v) is 9.85. The van der Waals surface area contributed by atoms with Gasteiger partial charge in [-0.1, -0.05) is 11.6 Å². The third-order valence-electron chi connectivity index (χ3n) is 8.60. The molecule has 3 aromatic heterocycles. The number of ether oxygens (including phenoxy) is 3. The van der Waals surface area contributed by atoms with Crippen LogP contribution in [0, 0.1) is 13.8 Å². The lowest BCUT2D eigenvalue weighted by Gasteiger charge is -2.39. The van der Waals surface area contributed by atoms with Crippen molar-refractivity contribution in [3.05, 3.63) is 73.4 Å². The highest BCUT2D eigenvalue weighted by molar-refractivity contribution is 7.18. The van der Waals surface area contributed by atoms with Crippen LogP contribution in [-0.2, 0) is 28.9 Å². The Morgan fingerprint density at radius 2 is 1.81 bits per heavy atom. The second-order valence-corrected chi connectivity index (χ2v) is 13.2. The number of carbonyl (C=O) groups excluding carboxylic acids is 1. The van der Waals surface area contributed by atoms with E-state index in [1.54, 1.807) is 36.3 Å². The van der Waals surface area contributed by atoms with Crippen LogP contribution in [0.5, 0.6) is 5.75 Å². The van der Waals surface area contributed by atoms with Gasteiger partial charge in [0.1, 0.15) is 18.2 Å². The maximum atomic E-state index is 13.7. The van der Waals surface area contributed by atoms with E-state index in [0.29, 0.717) is 72.0 Å². The number of piperidine rings is 1. The van der Waals surface area contributed by atoms with Gasteiger partial charge in [-0.05, 0) is 70.2 Å². The van der Waals surface area contributed by atoms with Gasteiger partial charge in [0.25, 0.3) is 5.56 Å². The molecule has 9 nitrogen and oxygen atoms in total. The molecule has 1 atom stereocenters. The molecule has 6 rings (SSSR count). The van der Waals surface area contributed by atoms with E-state index in [1.165, 1.54) is 11.3 Å². The van der Waals surface area contributed by atoms with Crippen molar-refractivity contribution in [2.45, 2.75) is 71.0 Å². The summed E-state index contributed by atoms with van der Waals surface area (Å²) in [6, 6.07) is 7.37. The molecule has 1 aliphatic carbocycles. The van der Waals surface area contributed by atoms with E-state index in [2.05, 4.69) is 19.4 Å². The van der Waals surface area contributed by atoms with Crippen molar-refractivity contribution in [3.8, 4) is 16.9 Å². The van der Waals surface area contributed by atoms with Gasteiger partial charge in [0, 0.05) is 66.1 Å². The summed E-state index contributed by atoms with van der Waals surface area (Å²) in [4.78, 5) is 36.8. The quantitative estimate of drug-likeness (QED) is 0.185. The fourth-order valence-corrected chi connectivity index (χ4v) is 7.61. The summed E-state index contributed by atoms with van der Waals surface area (Å²) in [5.41, 5.74) is 4.89. The van der Waals surface area contributed by atoms with Crippen molar-refractivity contribution in [3.63, 3.8) is 0 Å². The van der Waals surface area contributed by atoms with Gasteiger partial charge in [-0.15, -0.1) is 24.5 Å². The summed E-state index contributed by atoms with van der Waals surface area (Å²) < 4.78 is 55.2.